The first kappa shape index (κ1) is 17.2. The Hall–Kier alpha value is -2.63. The smallest absolute Gasteiger partial charge is 0.255 e. The number of hydrogen-bond acceptors (Lipinski definition) is 5. The van der Waals surface area contributed by atoms with Crippen LogP contribution in [0.4, 0.5) is 17.5 Å². The van der Waals surface area contributed by atoms with Gasteiger partial charge in [-0.3, -0.25) is 4.79 Å². The molecule has 1 aromatic carbocycles. The molecule has 0 unspecified atom stereocenters. The molecule has 1 saturated heterocycles. The third-order valence-corrected chi connectivity index (χ3v) is 4.30. The summed E-state index contributed by atoms with van der Waals surface area (Å²) in [5.74, 6) is 1.30. The fourth-order valence-electron chi connectivity index (χ4n) is 3.16. The van der Waals surface area contributed by atoms with Crippen LogP contribution in [0.3, 0.4) is 0 Å². The van der Waals surface area contributed by atoms with Crippen LogP contribution in [0.5, 0.6) is 0 Å². The molecule has 2 heterocycles. The Morgan fingerprint density at radius 2 is 1.76 bits per heavy atom. The number of amides is 1. The SMILES string of the molecule is Cc1cc(C)cc(C(=O)Nc2cnc(N3CCCC3)nc2N(C)C)c1. The molecule has 0 spiro atoms. The number of benzene rings is 1. The highest BCUT2D eigenvalue weighted by Crippen LogP contribution is 2.26. The first-order valence-corrected chi connectivity index (χ1v) is 8.63. The number of carbonyl (C=O) groups is 1. The van der Waals surface area contributed by atoms with Crippen molar-refractivity contribution >= 4 is 23.4 Å². The lowest BCUT2D eigenvalue weighted by Gasteiger charge is -2.21. The van der Waals surface area contributed by atoms with Gasteiger partial charge in [-0.15, -0.1) is 0 Å². The molecule has 1 aliphatic heterocycles. The van der Waals surface area contributed by atoms with E-state index in [1.807, 2.05) is 45.0 Å². The molecular formula is C19H25N5O. The third kappa shape index (κ3) is 3.90. The van der Waals surface area contributed by atoms with Gasteiger partial charge >= 0.3 is 0 Å². The van der Waals surface area contributed by atoms with E-state index in [1.54, 1.807) is 6.20 Å². The van der Waals surface area contributed by atoms with E-state index in [-0.39, 0.29) is 5.91 Å². The largest absolute Gasteiger partial charge is 0.361 e. The predicted molar refractivity (Wildman–Crippen MR) is 102 cm³/mol. The van der Waals surface area contributed by atoms with Crippen molar-refractivity contribution in [1.29, 1.82) is 0 Å². The standard InChI is InChI=1S/C19H25N5O/c1-13-9-14(2)11-15(10-13)18(25)21-16-12-20-19(22-17(16)23(3)4)24-7-5-6-8-24/h9-12H,5-8H2,1-4H3,(H,21,25). The molecule has 1 aliphatic rings. The number of carbonyl (C=O) groups excluding carboxylic acids is 1. The summed E-state index contributed by atoms with van der Waals surface area (Å²) in [7, 11) is 3.84. The zero-order valence-electron chi connectivity index (χ0n) is 15.3. The topological polar surface area (TPSA) is 61.4 Å². The van der Waals surface area contributed by atoms with Gasteiger partial charge in [0.15, 0.2) is 5.82 Å². The second-order valence-corrected chi connectivity index (χ2v) is 6.83. The van der Waals surface area contributed by atoms with Crippen molar-refractivity contribution in [2.75, 3.05) is 42.3 Å². The van der Waals surface area contributed by atoms with Gasteiger partial charge in [-0.1, -0.05) is 17.2 Å². The molecule has 1 N–H and O–H groups in total. The Kier molecular flexibility index (Phi) is 4.88. The highest BCUT2D eigenvalue weighted by Gasteiger charge is 2.19. The molecule has 132 valence electrons. The highest BCUT2D eigenvalue weighted by atomic mass is 16.1. The van der Waals surface area contributed by atoms with Crippen LogP contribution in [0, 0.1) is 13.8 Å². The minimum absolute atomic E-state index is 0.146. The Balaban J connectivity index is 1.86. The summed E-state index contributed by atoms with van der Waals surface area (Å²) < 4.78 is 0. The fourth-order valence-corrected chi connectivity index (χ4v) is 3.16. The Morgan fingerprint density at radius 3 is 2.36 bits per heavy atom. The highest BCUT2D eigenvalue weighted by molar-refractivity contribution is 6.05. The Morgan fingerprint density at radius 1 is 1.12 bits per heavy atom. The van der Waals surface area contributed by atoms with Crippen molar-refractivity contribution in [1.82, 2.24) is 9.97 Å². The van der Waals surface area contributed by atoms with Gasteiger partial charge in [0.25, 0.3) is 5.91 Å². The molecule has 0 aliphatic carbocycles. The van der Waals surface area contributed by atoms with E-state index >= 15 is 0 Å². The van der Waals surface area contributed by atoms with Crippen LogP contribution < -0.4 is 15.1 Å². The van der Waals surface area contributed by atoms with Gasteiger partial charge in [-0.25, -0.2) is 4.98 Å². The van der Waals surface area contributed by atoms with Crippen LogP contribution in [-0.4, -0.2) is 43.1 Å². The molecule has 0 radical (unpaired) electrons. The summed E-state index contributed by atoms with van der Waals surface area (Å²) in [5, 5.41) is 2.96. The van der Waals surface area contributed by atoms with E-state index in [4.69, 9.17) is 0 Å². The van der Waals surface area contributed by atoms with Gasteiger partial charge in [0.1, 0.15) is 5.69 Å². The Labute approximate surface area is 148 Å². The van der Waals surface area contributed by atoms with Gasteiger partial charge in [-0.05, 0) is 38.8 Å². The van der Waals surface area contributed by atoms with Crippen LogP contribution in [0.1, 0.15) is 34.3 Å². The molecule has 6 nitrogen and oxygen atoms in total. The number of aryl methyl sites for hydroxylation is 2. The average molecular weight is 339 g/mol. The number of nitrogens with zero attached hydrogens (tertiary/aromatic N) is 4. The maximum Gasteiger partial charge on any atom is 0.255 e. The van der Waals surface area contributed by atoms with E-state index in [2.05, 4.69) is 26.3 Å². The molecule has 2 aromatic rings. The first-order chi connectivity index (χ1) is 11.9. The summed E-state index contributed by atoms with van der Waals surface area (Å²) in [6.45, 7) is 5.95. The van der Waals surface area contributed by atoms with Crippen LogP contribution >= 0.6 is 0 Å². The lowest BCUT2D eigenvalue weighted by Crippen LogP contribution is -2.23. The summed E-state index contributed by atoms with van der Waals surface area (Å²) in [4.78, 5) is 25.8. The molecule has 0 bridgehead atoms. The van der Waals surface area contributed by atoms with Crippen molar-refractivity contribution in [3.05, 3.63) is 41.1 Å². The molecular weight excluding hydrogens is 314 g/mol. The number of rotatable bonds is 4. The molecule has 25 heavy (non-hydrogen) atoms. The van der Waals surface area contributed by atoms with E-state index in [1.165, 1.54) is 12.8 Å². The van der Waals surface area contributed by atoms with Gasteiger partial charge in [0, 0.05) is 32.7 Å². The summed E-state index contributed by atoms with van der Waals surface area (Å²) in [6.07, 6.45) is 4.05. The lowest BCUT2D eigenvalue weighted by molar-refractivity contribution is 0.102. The zero-order chi connectivity index (χ0) is 18.0. The van der Waals surface area contributed by atoms with Crippen molar-refractivity contribution < 1.29 is 4.79 Å². The first-order valence-electron chi connectivity index (χ1n) is 8.63. The number of hydrogen-bond donors (Lipinski definition) is 1. The van der Waals surface area contributed by atoms with E-state index < -0.39 is 0 Å². The van der Waals surface area contributed by atoms with Gasteiger partial charge in [-0.2, -0.15) is 4.98 Å². The van der Waals surface area contributed by atoms with Crippen molar-refractivity contribution in [3.63, 3.8) is 0 Å². The zero-order valence-corrected chi connectivity index (χ0v) is 15.3. The van der Waals surface area contributed by atoms with Crippen LogP contribution in [0.15, 0.2) is 24.4 Å². The minimum Gasteiger partial charge on any atom is -0.361 e. The quantitative estimate of drug-likeness (QED) is 0.928. The lowest BCUT2D eigenvalue weighted by atomic mass is 10.1. The fraction of sp³-hybridized carbons (Fsp3) is 0.421. The summed E-state index contributed by atoms with van der Waals surface area (Å²) in [5.41, 5.74) is 3.40. The normalized spacial score (nSPS) is 13.8. The van der Waals surface area contributed by atoms with E-state index in [9.17, 15) is 4.79 Å². The van der Waals surface area contributed by atoms with Crippen molar-refractivity contribution in [2.24, 2.45) is 0 Å². The molecule has 6 heteroatoms. The Bertz CT molecular complexity index is 761. The summed E-state index contributed by atoms with van der Waals surface area (Å²) >= 11 is 0. The van der Waals surface area contributed by atoms with Crippen molar-refractivity contribution in [2.45, 2.75) is 26.7 Å². The van der Waals surface area contributed by atoms with Crippen LogP contribution in [-0.2, 0) is 0 Å². The maximum absolute atomic E-state index is 12.6. The number of anilines is 3. The molecule has 0 atom stereocenters. The van der Waals surface area contributed by atoms with Crippen LogP contribution in [0.2, 0.25) is 0 Å². The third-order valence-electron chi connectivity index (χ3n) is 4.30. The van der Waals surface area contributed by atoms with Gasteiger partial charge in [0.05, 0.1) is 6.20 Å². The molecule has 1 fully saturated rings. The second kappa shape index (κ2) is 7.09. The minimum atomic E-state index is -0.146. The second-order valence-electron chi connectivity index (χ2n) is 6.83. The van der Waals surface area contributed by atoms with Crippen LogP contribution in [0.25, 0.3) is 0 Å². The number of nitrogens with one attached hydrogen (secondary N) is 1. The van der Waals surface area contributed by atoms with Gasteiger partial charge < -0.3 is 15.1 Å². The molecule has 1 aromatic heterocycles. The predicted octanol–water partition coefficient (Wildman–Crippen LogP) is 3.01. The monoisotopic (exact) mass is 339 g/mol. The number of aromatic nitrogens is 2. The van der Waals surface area contributed by atoms with E-state index in [0.29, 0.717) is 11.3 Å². The van der Waals surface area contributed by atoms with Crippen molar-refractivity contribution in [3.8, 4) is 0 Å². The molecule has 0 saturated carbocycles. The maximum atomic E-state index is 12.6. The van der Waals surface area contributed by atoms with E-state index in [0.717, 1.165) is 36.0 Å². The molecule has 1 amide bonds. The molecule has 3 rings (SSSR count). The van der Waals surface area contributed by atoms with Gasteiger partial charge in [0.2, 0.25) is 5.95 Å². The summed E-state index contributed by atoms with van der Waals surface area (Å²) in [6, 6.07) is 5.82. The average Bonchev–Trinajstić information content (AvgIpc) is 3.08.